The molecule has 0 bridgehead atoms. The molecule has 1 N–H and O–H groups in total. The lowest BCUT2D eigenvalue weighted by Crippen LogP contribution is -2.36. The van der Waals surface area contributed by atoms with Crippen molar-refractivity contribution in [1.29, 1.82) is 0 Å². The van der Waals surface area contributed by atoms with Crippen molar-refractivity contribution in [3.8, 4) is 0 Å². The Hall–Kier alpha value is -1.91. The zero-order valence-corrected chi connectivity index (χ0v) is 15.9. The third-order valence-electron chi connectivity index (χ3n) is 4.91. The van der Waals surface area contributed by atoms with Crippen molar-refractivity contribution >= 4 is 32.4 Å². The van der Waals surface area contributed by atoms with Gasteiger partial charge < -0.3 is 5.32 Å². The third-order valence-corrected chi connectivity index (χ3v) is 7.77. The Morgan fingerprint density at radius 1 is 1.30 bits per heavy atom. The number of nitrogens with one attached hydrogen (secondary N) is 1. The molecule has 4 rings (SSSR count). The van der Waals surface area contributed by atoms with Gasteiger partial charge in [-0.05, 0) is 31.0 Å². The normalized spacial score (nSPS) is 18.0. The number of hydrogen-bond donors (Lipinski definition) is 1. The number of amides is 1. The maximum atomic E-state index is 13.9. The Balaban J connectivity index is 1.54. The average Bonchev–Trinajstić information content (AvgIpc) is 2.96. The minimum absolute atomic E-state index is 0.0184. The molecule has 0 atom stereocenters. The second kappa shape index (κ2) is 6.92. The molecule has 27 heavy (non-hydrogen) atoms. The molecule has 6 nitrogen and oxygen atoms in total. The van der Waals surface area contributed by atoms with Crippen molar-refractivity contribution in [2.24, 2.45) is 5.92 Å². The molecule has 1 saturated carbocycles. The summed E-state index contributed by atoms with van der Waals surface area (Å²) in [5.74, 6) is -1.83. The number of aromatic nitrogens is 1. The molecule has 1 aliphatic heterocycles. The van der Waals surface area contributed by atoms with Gasteiger partial charge in [0.15, 0.2) is 5.13 Å². The highest BCUT2D eigenvalue weighted by Gasteiger charge is 2.33. The first kappa shape index (κ1) is 18.5. The average molecular weight is 413 g/mol. The fraction of sp³-hybridized carbons (Fsp3) is 0.412. The number of halogens is 2. The summed E-state index contributed by atoms with van der Waals surface area (Å²) in [5.41, 5.74) is 0.732. The van der Waals surface area contributed by atoms with Crippen LogP contribution in [0.5, 0.6) is 0 Å². The van der Waals surface area contributed by atoms with Crippen LogP contribution in [0.15, 0.2) is 23.1 Å². The number of carbonyl (C=O) groups excluding carboxylic acids is 1. The van der Waals surface area contributed by atoms with Crippen molar-refractivity contribution in [3.63, 3.8) is 0 Å². The Labute approximate surface area is 159 Å². The van der Waals surface area contributed by atoms with Gasteiger partial charge in [-0.15, -0.1) is 11.3 Å². The lowest BCUT2D eigenvalue weighted by molar-refractivity contribution is -0.122. The predicted octanol–water partition coefficient (Wildman–Crippen LogP) is 2.91. The molecular weight excluding hydrogens is 396 g/mol. The van der Waals surface area contributed by atoms with Crippen LogP contribution in [0.2, 0.25) is 0 Å². The number of fused-ring (bicyclic) bond motifs is 1. The number of sulfonamides is 1. The third kappa shape index (κ3) is 3.48. The molecule has 2 aliphatic rings. The number of anilines is 1. The van der Waals surface area contributed by atoms with Crippen LogP contribution < -0.4 is 5.32 Å². The summed E-state index contributed by atoms with van der Waals surface area (Å²) in [6.07, 6.45) is 3.15. The van der Waals surface area contributed by atoms with Crippen molar-refractivity contribution in [3.05, 3.63) is 40.4 Å². The summed E-state index contributed by atoms with van der Waals surface area (Å²) in [7, 11) is -4.17. The molecule has 144 valence electrons. The molecule has 2 heterocycles. The molecule has 1 fully saturated rings. The van der Waals surface area contributed by atoms with Crippen LogP contribution in [0.25, 0.3) is 0 Å². The number of carbonyl (C=O) groups is 1. The monoisotopic (exact) mass is 413 g/mol. The van der Waals surface area contributed by atoms with E-state index in [-0.39, 0.29) is 24.9 Å². The Morgan fingerprint density at radius 2 is 2.07 bits per heavy atom. The highest BCUT2D eigenvalue weighted by molar-refractivity contribution is 7.89. The Kier molecular flexibility index (Phi) is 4.73. The lowest BCUT2D eigenvalue weighted by atomic mass is 9.85. The Bertz CT molecular complexity index is 1000. The van der Waals surface area contributed by atoms with Gasteiger partial charge in [-0.2, -0.15) is 4.31 Å². The molecule has 0 spiro atoms. The van der Waals surface area contributed by atoms with E-state index in [4.69, 9.17) is 0 Å². The van der Waals surface area contributed by atoms with Crippen molar-refractivity contribution in [2.75, 3.05) is 11.9 Å². The van der Waals surface area contributed by atoms with E-state index in [1.54, 1.807) is 0 Å². The van der Waals surface area contributed by atoms with Gasteiger partial charge in [0.25, 0.3) is 0 Å². The first-order valence-electron chi connectivity index (χ1n) is 8.59. The fourth-order valence-corrected chi connectivity index (χ4v) is 5.72. The van der Waals surface area contributed by atoms with Crippen LogP contribution in [0.3, 0.4) is 0 Å². The molecule has 1 aromatic heterocycles. The van der Waals surface area contributed by atoms with E-state index in [1.807, 2.05) is 0 Å². The van der Waals surface area contributed by atoms with Crippen molar-refractivity contribution < 1.29 is 22.0 Å². The molecule has 1 amide bonds. The van der Waals surface area contributed by atoms with E-state index >= 15 is 0 Å². The Morgan fingerprint density at radius 3 is 2.78 bits per heavy atom. The molecule has 2 aromatic rings. The van der Waals surface area contributed by atoms with Crippen molar-refractivity contribution in [2.45, 2.75) is 37.1 Å². The number of hydrogen-bond acceptors (Lipinski definition) is 5. The van der Waals surface area contributed by atoms with Gasteiger partial charge in [0.1, 0.15) is 16.5 Å². The zero-order chi connectivity index (χ0) is 19.2. The maximum absolute atomic E-state index is 13.9. The second-order valence-electron chi connectivity index (χ2n) is 6.67. The summed E-state index contributed by atoms with van der Waals surface area (Å²) in [6, 6.07) is 2.37. The topological polar surface area (TPSA) is 79.4 Å². The summed E-state index contributed by atoms with van der Waals surface area (Å²) in [6.45, 7) is 0.135. The first-order chi connectivity index (χ1) is 12.8. The summed E-state index contributed by atoms with van der Waals surface area (Å²) in [5, 5.41) is 3.25. The van der Waals surface area contributed by atoms with Crippen LogP contribution in [-0.2, 0) is 27.8 Å². The lowest BCUT2D eigenvalue weighted by Gasteiger charge is -2.25. The molecular formula is C17H17F2N3O3S2. The van der Waals surface area contributed by atoms with Gasteiger partial charge >= 0.3 is 0 Å². The van der Waals surface area contributed by atoms with E-state index in [2.05, 4.69) is 10.3 Å². The van der Waals surface area contributed by atoms with E-state index in [0.717, 1.165) is 41.4 Å². The summed E-state index contributed by atoms with van der Waals surface area (Å²) < 4.78 is 53.9. The fourth-order valence-electron chi connectivity index (χ4n) is 3.12. The highest BCUT2D eigenvalue weighted by atomic mass is 32.2. The van der Waals surface area contributed by atoms with Crippen molar-refractivity contribution in [1.82, 2.24) is 9.29 Å². The van der Waals surface area contributed by atoms with E-state index in [9.17, 15) is 22.0 Å². The van der Waals surface area contributed by atoms with Crippen LogP contribution >= 0.6 is 11.3 Å². The largest absolute Gasteiger partial charge is 0.302 e. The number of nitrogens with zero attached hydrogens (tertiary/aromatic N) is 2. The molecule has 1 aromatic carbocycles. The number of thiazole rings is 1. The van der Waals surface area contributed by atoms with Gasteiger partial charge in [0.05, 0.1) is 12.2 Å². The zero-order valence-electron chi connectivity index (χ0n) is 14.2. The molecule has 1 aliphatic carbocycles. The SMILES string of the molecule is O=C(Nc1nc2c(s1)CN(S(=O)(=O)c1cc(F)ccc1F)CC2)C1CCC1. The maximum Gasteiger partial charge on any atom is 0.246 e. The van der Waals surface area contributed by atoms with Gasteiger partial charge in [-0.1, -0.05) is 6.42 Å². The van der Waals surface area contributed by atoms with Gasteiger partial charge in [0.2, 0.25) is 15.9 Å². The first-order valence-corrected chi connectivity index (χ1v) is 10.8. The molecule has 10 heteroatoms. The molecule has 0 saturated heterocycles. The highest BCUT2D eigenvalue weighted by Crippen LogP contribution is 2.33. The predicted molar refractivity (Wildman–Crippen MR) is 95.7 cm³/mol. The summed E-state index contributed by atoms with van der Waals surface area (Å²) >= 11 is 1.22. The minimum atomic E-state index is -4.17. The quantitative estimate of drug-likeness (QED) is 0.836. The van der Waals surface area contributed by atoms with E-state index in [1.165, 1.54) is 11.3 Å². The van der Waals surface area contributed by atoms with Crippen LogP contribution in [0.4, 0.5) is 13.9 Å². The van der Waals surface area contributed by atoms with Gasteiger partial charge in [-0.3, -0.25) is 4.79 Å². The number of benzene rings is 1. The standard InChI is InChI=1S/C17H17F2N3O3S2/c18-11-4-5-12(19)15(8-11)27(24,25)22-7-6-13-14(9-22)26-17(20-13)21-16(23)10-2-1-3-10/h4-5,8,10H,1-3,6-7,9H2,(H,20,21,23). The van der Waals surface area contributed by atoms with Crippen LogP contribution in [-0.4, -0.2) is 30.2 Å². The molecule has 0 radical (unpaired) electrons. The summed E-state index contributed by atoms with van der Waals surface area (Å²) in [4.78, 5) is 16.5. The van der Waals surface area contributed by atoms with Crippen LogP contribution in [0, 0.1) is 17.6 Å². The smallest absolute Gasteiger partial charge is 0.246 e. The van der Waals surface area contributed by atoms with Crippen LogP contribution in [0.1, 0.15) is 29.8 Å². The second-order valence-corrected chi connectivity index (χ2v) is 9.66. The van der Waals surface area contributed by atoms with E-state index < -0.39 is 26.6 Å². The number of rotatable bonds is 4. The van der Waals surface area contributed by atoms with Gasteiger partial charge in [-0.25, -0.2) is 22.2 Å². The van der Waals surface area contributed by atoms with Gasteiger partial charge in [0, 0.05) is 23.8 Å². The van der Waals surface area contributed by atoms with E-state index in [0.29, 0.717) is 22.5 Å². The minimum Gasteiger partial charge on any atom is -0.302 e. The molecule has 0 unspecified atom stereocenters.